The molecule has 0 spiro atoms. The zero-order chi connectivity index (χ0) is 13.1. The van der Waals surface area contributed by atoms with Crippen molar-refractivity contribution in [3.05, 3.63) is 38.3 Å². The lowest BCUT2D eigenvalue weighted by Gasteiger charge is -2.01. The van der Waals surface area contributed by atoms with Crippen LogP contribution >= 0.6 is 22.9 Å². The van der Waals surface area contributed by atoms with E-state index in [0.29, 0.717) is 6.54 Å². The van der Waals surface area contributed by atoms with E-state index >= 15 is 0 Å². The minimum absolute atomic E-state index is 0.389. The molecule has 0 bridgehead atoms. The van der Waals surface area contributed by atoms with Gasteiger partial charge in [0, 0.05) is 4.88 Å². The summed E-state index contributed by atoms with van der Waals surface area (Å²) in [7, 11) is 0. The third-order valence-corrected chi connectivity index (χ3v) is 4.11. The topological polar surface area (TPSA) is 43.8 Å². The fraction of sp³-hybridized carbons (Fsp3) is 0.308. The van der Waals surface area contributed by atoms with Gasteiger partial charge in [-0.15, -0.1) is 11.3 Å². The number of hydrogen-bond donors (Lipinski definition) is 1. The van der Waals surface area contributed by atoms with Crippen molar-refractivity contribution in [2.45, 2.75) is 20.4 Å². The monoisotopic (exact) mass is 279 g/mol. The van der Waals surface area contributed by atoms with Crippen LogP contribution in [0.2, 0.25) is 5.02 Å². The normalized spacial score (nSPS) is 10.2. The lowest BCUT2D eigenvalue weighted by molar-refractivity contribution is 0.666. The molecule has 2 aromatic heterocycles. The van der Waals surface area contributed by atoms with Crippen LogP contribution in [0.25, 0.3) is 0 Å². The van der Waals surface area contributed by atoms with Crippen LogP contribution in [-0.2, 0) is 6.54 Å². The second-order valence-corrected chi connectivity index (χ2v) is 5.46. The molecule has 0 aliphatic heterocycles. The molecule has 2 aromatic rings. The van der Waals surface area contributed by atoms with Crippen molar-refractivity contribution < 1.29 is 0 Å². The van der Waals surface area contributed by atoms with Crippen molar-refractivity contribution in [2.75, 3.05) is 6.54 Å². The van der Waals surface area contributed by atoms with Crippen LogP contribution in [0.3, 0.4) is 0 Å². The maximum absolute atomic E-state index is 6.12. The summed E-state index contributed by atoms with van der Waals surface area (Å²) < 4.78 is 1.92. The van der Waals surface area contributed by atoms with E-state index in [9.17, 15) is 0 Å². The van der Waals surface area contributed by atoms with Crippen LogP contribution < -0.4 is 5.73 Å². The van der Waals surface area contributed by atoms with Gasteiger partial charge in [0.1, 0.15) is 0 Å². The second-order valence-electron chi connectivity index (χ2n) is 3.91. The quantitative estimate of drug-likeness (QED) is 0.859. The van der Waals surface area contributed by atoms with Gasteiger partial charge in [0.15, 0.2) is 0 Å². The number of aryl methyl sites for hydroxylation is 1. The van der Waals surface area contributed by atoms with Gasteiger partial charge >= 0.3 is 0 Å². The van der Waals surface area contributed by atoms with E-state index in [1.165, 1.54) is 4.88 Å². The van der Waals surface area contributed by atoms with Crippen LogP contribution in [-0.4, -0.2) is 16.3 Å². The average Bonchev–Trinajstić information content (AvgIpc) is 2.89. The molecule has 0 unspecified atom stereocenters. The van der Waals surface area contributed by atoms with E-state index in [0.717, 1.165) is 27.8 Å². The van der Waals surface area contributed by atoms with E-state index < -0.39 is 0 Å². The van der Waals surface area contributed by atoms with Gasteiger partial charge in [-0.1, -0.05) is 23.4 Å². The van der Waals surface area contributed by atoms with E-state index in [2.05, 4.69) is 23.0 Å². The molecule has 0 radical (unpaired) electrons. The van der Waals surface area contributed by atoms with Gasteiger partial charge in [0.2, 0.25) is 0 Å². The number of rotatable bonds is 2. The molecular weight excluding hydrogens is 266 g/mol. The summed E-state index contributed by atoms with van der Waals surface area (Å²) in [6.07, 6.45) is 0. The van der Waals surface area contributed by atoms with E-state index in [4.69, 9.17) is 17.3 Å². The maximum Gasteiger partial charge on any atom is 0.0844 e. The molecule has 5 heteroatoms. The van der Waals surface area contributed by atoms with Crippen molar-refractivity contribution in [1.82, 2.24) is 9.78 Å². The molecule has 2 N–H and O–H groups in total. The number of nitrogens with zero attached hydrogens (tertiary/aromatic N) is 2. The fourth-order valence-corrected chi connectivity index (χ4v) is 2.64. The lowest BCUT2D eigenvalue weighted by atomic mass is 10.4. The van der Waals surface area contributed by atoms with E-state index in [1.807, 2.05) is 24.6 Å². The third kappa shape index (κ3) is 2.75. The summed E-state index contributed by atoms with van der Waals surface area (Å²) in [5, 5.41) is 5.16. The summed E-state index contributed by atoms with van der Waals surface area (Å²) in [6, 6.07) is 4.07. The maximum atomic E-state index is 6.12. The highest BCUT2D eigenvalue weighted by atomic mass is 35.5. The molecule has 2 rings (SSSR count). The van der Waals surface area contributed by atoms with Crippen LogP contribution in [0.5, 0.6) is 0 Å². The molecule has 2 heterocycles. The van der Waals surface area contributed by atoms with Crippen LogP contribution in [0.4, 0.5) is 0 Å². The number of hydrogen-bond acceptors (Lipinski definition) is 3. The molecule has 0 saturated carbocycles. The van der Waals surface area contributed by atoms with Gasteiger partial charge in [0.05, 0.1) is 34.4 Å². The lowest BCUT2D eigenvalue weighted by Crippen LogP contribution is -2.02. The Hall–Kier alpha value is -1.28. The molecule has 0 saturated heterocycles. The minimum atomic E-state index is 0.389. The number of nitrogens with two attached hydrogens (primary N) is 1. The summed E-state index contributed by atoms with van der Waals surface area (Å²) in [5.41, 5.74) is 7.21. The molecule has 3 nitrogen and oxygen atoms in total. The van der Waals surface area contributed by atoms with Gasteiger partial charge in [-0.25, -0.2) is 0 Å². The highest BCUT2D eigenvalue weighted by Gasteiger charge is 2.10. The Morgan fingerprint density at radius 1 is 1.44 bits per heavy atom. The van der Waals surface area contributed by atoms with Gasteiger partial charge in [-0.2, -0.15) is 5.10 Å². The average molecular weight is 280 g/mol. The molecule has 18 heavy (non-hydrogen) atoms. The highest BCUT2D eigenvalue weighted by molar-refractivity contribution is 7.12. The highest BCUT2D eigenvalue weighted by Crippen LogP contribution is 2.22. The predicted molar refractivity (Wildman–Crippen MR) is 76.1 cm³/mol. The number of thiophene rings is 1. The molecular formula is C13H14ClN3S. The Bertz CT molecular complexity index is 616. The Labute approximate surface area is 116 Å². The zero-order valence-corrected chi connectivity index (χ0v) is 11.9. The summed E-state index contributed by atoms with van der Waals surface area (Å²) in [4.78, 5) is 2.24. The molecule has 0 amide bonds. The molecule has 0 atom stereocenters. The molecule has 0 aromatic carbocycles. The standard InChI is InChI=1S/C13H14ClN3S/c1-9-13(14)10(2)17(16-9)8-12-6-5-11(18-12)4-3-7-15/h5-6H,7-8,15H2,1-2H3. The minimum Gasteiger partial charge on any atom is -0.320 e. The van der Waals surface area contributed by atoms with Gasteiger partial charge < -0.3 is 5.73 Å². The van der Waals surface area contributed by atoms with E-state index in [1.54, 1.807) is 11.3 Å². The Morgan fingerprint density at radius 3 is 2.83 bits per heavy atom. The van der Waals surface area contributed by atoms with Gasteiger partial charge in [-0.3, -0.25) is 4.68 Å². The van der Waals surface area contributed by atoms with Crippen molar-refractivity contribution in [1.29, 1.82) is 0 Å². The first-order chi connectivity index (χ1) is 8.61. The SMILES string of the molecule is Cc1nn(Cc2ccc(C#CCN)s2)c(C)c1Cl. The summed E-state index contributed by atoms with van der Waals surface area (Å²) in [5.74, 6) is 5.88. The largest absolute Gasteiger partial charge is 0.320 e. The number of aromatic nitrogens is 2. The smallest absolute Gasteiger partial charge is 0.0844 e. The Kier molecular flexibility index (Phi) is 4.07. The Balaban J connectivity index is 2.18. The second kappa shape index (κ2) is 5.57. The first kappa shape index (κ1) is 13.2. The summed E-state index contributed by atoms with van der Waals surface area (Å²) >= 11 is 7.78. The van der Waals surface area contributed by atoms with E-state index in [-0.39, 0.29) is 0 Å². The van der Waals surface area contributed by atoms with Crippen LogP contribution in [0, 0.1) is 25.7 Å². The fourth-order valence-electron chi connectivity index (χ4n) is 1.64. The van der Waals surface area contributed by atoms with Gasteiger partial charge in [-0.05, 0) is 26.0 Å². The molecule has 0 fully saturated rings. The third-order valence-electron chi connectivity index (χ3n) is 2.57. The first-order valence-electron chi connectivity index (χ1n) is 5.59. The first-order valence-corrected chi connectivity index (χ1v) is 6.78. The number of halogens is 1. The summed E-state index contributed by atoms with van der Waals surface area (Å²) in [6.45, 7) is 5.01. The predicted octanol–water partition coefficient (Wildman–Crippen LogP) is 2.57. The van der Waals surface area contributed by atoms with Crippen molar-refractivity contribution in [3.63, 3.8) is 0 Å². The molecule has 0 aliphatic carbocycles. The van der Waals surface area contributed by atoms with Crippen LogP contribution in [0.15, 0.2) is 12.1 Å². The van der Waals surface area contributed by atoms with Crippen molar-refractivity contribution in [2.24, 2.45) is 5.73 Å². The Morgan fingerprint density at radius 2 is 2.22 bits per heavy atom. The van der Waals surface area contributed by atoms with Gasteiger partial charge in [0.25, 0.3) is 0 Å². The van der Waals surface area contributed by atoms with Crippen molar-refractivity contribution >= 4 is 22.9 Å². The zero-order valence-electron chi connectivity index (χ0n) is 10.3. The molecule has 94 valence electrons. The molecule has 0 aliphatic rings. The van der Waals surface area contributed by atoms with Crippen molar-refractivity contribution in [3.8, 4) is 11.8 Å². The van der Waals surface area contributed by atoms with Crippen LogP contribution in [0.1, 0.15) is 21.1 Å².